The predicted molar refractivity (Wildman–Crippen MR) is 83.9 cm³/mol. The molecule has 0 atom stereocenters. The van der Waals surface area contributed by atoms with Gasteiger partial charge in [0.25, 0.3) is 0 Å². The van der Waals surface area contributed by atoms with Crippen LogP contribution in [0.3, 0.4) is 0 Å². The predicted octanol–water partition coefficient (Wildman–Crippen LogP) is 0.774. The first-order chi connectivity index (χ1) is 11.1. The monoisotopic (exact) mass is 317 g/mol. The first-order valence-corrected chi connectivity index (χ1v) is 7.09. The molecule has 0 bridgehead atoms. The lowest BCUT2D eigenvalue weighted by molar-refractivity contribution is -0.133. The highest BCUT2D eigenvalue weighted by Gasteiger charge is 2.13. The second-order valence-corrected chi connectivity index (χ2v) is 4.94. The number of aryl methyl sites for hydroxylation is 1. The normalized spacial score (nSPS) is 10.2. The fraction of sp³-hybridized carbons (Fsp3) is 0.333. The third kappa shape index (κ3) is 5.10. The standard InChI is InChI=1S/C15H19N5O3/c1-19(15(22)7-8-20-11-16-10-17-20)9-14(21)18-12-3-5-13(23-2)6-4-12/h3-6,10-11H,7-9H2,1-2H3,(H,18,21). The van der Waals surface area contributed by atoms with E-state index in [2.05, 4.69) is 15.4 Å². The van der Waals surface area contributed by atoms with Crippen LogP contribution in [0.2, 0.25) is 0 Å². The van der Waals surface area contributed by atoms with Gasteiger partial charge in [0.2, 0.25) is 11.8 Å². The Morgan fingerprint density at radius 1 is 1.30 bits per heavy atom. The van der Waals surface area contributed by atoms with Gasteiger partial charge in [0.1, 0.15) is 18.4 Å². The summed E-state index contributed by atoms with van der Waals surface area (Å²) in [4.78, 5) is 29.1. The molecule has 1 N–H and O–H groups in total. The van der Waals surface area contributed by atoms with Gasteiger partial charge in [-0.25, -0.2) is 4.98 Å². The van der Waals surface area contributed by atoms with Gasteiger partial charge in [-0.05, 0) is 24.3 Å². The molecular weight excluding hydrogens is 298 g/mol. The van der Waals surface area contributed by atoms with E-state index in [1.165, 1.54) is 11.2 Å². The summed E-state index contributed by atoms with van der Waals surface area (Å²) in [5.41, 5.74) is 0.652. The molecule has 2 rings (SSSR count). The zero-order chi connectivity index (χ0) is 16.7. The number of ether oxygens (including phenoxy) is 1. The number of carbonyl (C=O) groups excluding carboxylic acids is 2. The fourth-order valence-electron chi connectivity index (χ4n) is 1.93. The Labute approximate surface area is 134 Å². The molecule has 0 aliphatic rings. The first-order valence-electron chi connectivity index (χ1n) is 7.09. The Balaban J connectivity index is 1.77. The highest BCUT2D eigenvalue weighted by Crippen LogP contribution is 2.14. The molecule has 0 aliphatic carbocycles. The van der Waals surface area contributed by atoms with Gasteiger partial charge in [-0.2, -0.15) is 5.10 Å². The van der Waals surface area contributed by atoms with E-state index in [9.17, 15) is 9.59 Å². The molecule has 0 radical (unpaired) electrons. The first kappa shape index (κ1) is 16.5. The van der Waals surface area contributed by atoms with E-state index in [-0.39, 0.29) is 24.8 Å². The smallest absolute Gasteiger partial charge is 0.243 e. The topological polar surface area (TPSA) is 89.4 Å². The lowest BCUT2D eigenvalue weighted by Crippen LogP contribution is -2.35. The average molecular weight is 317 g/mol. The van der Waals surface area contributed by atoms with Crippen molar-refractivity contribution < 1.29 is 14.3 Å². The number of carbonyl (C=O) groups is 2. The molecule has 0 saturated carbocycles. The molecule has 2 amide bonds. The van der Waals surface area contributed by atoms with Crippen LogP contribution in [0, 0.1) is 0 Å². The van der Waals surface area contributed by atoms with E-state index in [0.717, 1.165) is 0 Å². The number of methoxy groups -OCH3 is 1. The molecule has 0 unspecified atom stereocenters. The van der Waals surface area contributed by atoms with Gasteiger partial charge >= 0.3 is 0 Å². The number of hydrogen-bond acceptors (Lipinski definition) is 5. The molecule has 122 valence electrons. The summed E-state index contributed by atoms with van der Waals surface area (Å²) >= 11 is 0. The van der Waals surface area contributed by atoms with Crippen molar-refractivity contribution in [3.05, 3.63) is 36.9 Å². The molecule has 0 saturated heterocycles. The zero-order valence-corrected chi connectivity index (χ0v) is 13.1. The molecule has 0 spiro atoms. The summed E-state index contributed by atoms with van der Waals surface area (Å²) in [7, 11) is 3.17. The van der Waals surface area contributed by atoms with Crippen LogP contribution in [-0.4, -0.2) is 52.2 Å². The second-order valence-electron chi connectivity index (χ2n) is 4.94. The number of anilines is 1. The zero-order valence-electron chi connectivity index (χ0n) is 13.1. The van der Waals surface area contributed by atoms with Crippen LogP contribution < -0.4 is 10.1 Å². The van der Waals surface area contributed by atoms with Crippen LogP contribution in [0.5, 0.6) is 5.75 Å². The van der Waals surface area contributed by atoms with Gasteiger partial charge in [-0.15, -0.1) is 0 Å². The molecule has 23 heavy (non-hydrogen) atoms. The summed E-state index contributed by atoms with van der Waals surface area (Å²) in [5.74, 6) is 0.320. The van der Waals surface area contributed by atoms with Crippen LogP contribution >= 0.6 is 0 Å². The third-order valence-corrected chi connectivity index (χ3v) is 3.20. The number of amides is 2. The van der Waals surface area contributed by atoms with E-state index in [4.69, 9.17) is 4.74 Å². The maximum atomic E-state index is 12.0. The molecule has 1 heterocycles. The number of nitrogens with zero attached hydrogens (tertiary/aromatic N) is 4. The van der Waals surface area contributed by atoms with E-state index < -0.39 is 0 Å². The van der Waals surface area contributed by atoms with Crippen molar-refractivity contribution in [3.63, 3.8) is 0 Å². The third-order valence-electron chi connectivity index (χ3n) is 3.20. The van der Waals surface area contributed by atoms with Gasteiger partial charge in [0, 0.05) is 19.2 Å². The van der Waals surface area contributed by atoms with Crippen LogP contribution in [0.15, 0.2) is 36.9 Å². The largest absolute Gasteiger partial charge is 0.497 e. The minimum Gasteiger partial charge on any atom is -0.497 e. The van der Waals surface area contributed by atoms with Crippen molar-refractivity contribution in [2.75, 3.05) is 26.0 Å². The van der Waals surface area contributed by atoms with Gasteiger partial charge in [-0.1, -0.05) is 0 Å². The van der Waals surface area contributed by atoms with E-state index >= 15 is 0 Å². The summed E-state index contributed by atoms with van der Waals surface area (Å²) in [6.07, 6.45) is 3.22. The van der Waals surface area contributed by atoms with Crippen LogP contribution in [-0.2, 0) is 16.1 Å². The van der Waals surface area contributed by atoms with Crippen molar-refractivity contribution in [1.82, 2.24) is 19.7 Å². The van der Waals surface area contributed by atoms with Gasteiger partial charge < -0.3 is 15.0 Å². The maximum absolute atomic E-state index is 12.0. The number of likely N-dealkylation sites (N-methyl/N-ethyl adjacent to an activating group) is 1. The molecule has 0 fully saturated rings. The lowest BCUT2D eigenvalue weighted by atomic mass is 10.3. The molecule has 1 aromatic carbocycles. The van der Waals surface area contributed by atoms with Crippen LogP contribution in [0.25, 0.3) is 0 Å². The SMILES string of the molecule is COc1ccc(NC(=O)CN(C)C(=O)CCn2cncn2)cc1. The maximum Gasteiger partial charge on any atom is 0.243 e. The molecule has 8 nitrogen and oxygen atoms in total. The van der Waals surface area contributed by atoms with Crippen molar-refractivity contribution in [2.45, 2.75) is 13.0 Å². The Kier molecular flexibility index (Phi) is 5.67. The van der Waals surface area contributed by atoms with Gasteiger partial charge in [-0.3, -0.25) is 14.3 Å². The van der Waals surface area contributed by atoms with E-state index in [1.807, 2.05) is 0 Å². The quantitative estimate of drug-likeness (QED) is 0.815. The number of nitrogens with one attached hydrogen (secondary N) is 1. The number of benzene rings is 1. The molecule has 0 aliphatic heterocycles. The molecule has 2 aromatic rings. The highest BCUT2D eigenvalue weighted by molar-refractivity contribution is 5.94. The van der Waals surface area contributed by atoms with Crippen molar-refractivity contribution in [3.8, 4) is 5.75 Å². The Bertz CT molecular complexity index is 640. The lowest BCUT2D eigenvalue weighted by Gasteiger charge is -2.16. The van der Waals surface area contributed by atoms with Crippen molar-refractivity contribution >= 4 is 17.5 Å². The van der Waals surface area contributed by atoms with E-state index in [0.29, 0.717) is 18.0 Å². The van der Waals surface area contributed by atoms with Crippen LogP contribution in [0.4, 0.5) is 5.69 Å². The summed E-state index contributed by atoms with van der Waals surface area (Å²) in [5, 5.41) is 6.66. The average Bonchev–Trinajstić information content (AvgIpc) is 3.06. The molecule has 8 heteroatoms. The molecular formula is C15H19N5O3. The Morgan fingerprint density at radius 3 is 2.65 bits per heavy atom. The number of rotatable bonds is 7. The summed E-state index contributed by atoms with van der Waals surface area (Å²) in [6, 6.07) is 6.98. The fourth-order valence-corrected chi connectivity index (χ4v) is 1.93. The van der Waals surface area contributed by atoms with Crippen LogP contribution in [0.1, 0.15) is 6.42 Å². The minimum atomic E-state index is -0.258. The van der Waals surface area contributed by atoms with Gasteiger partial charge in [0.15, 0.2) is 0 Å². The minimum absolute atomic E-state index is 0.0117. The Morgan fingerprint density at radius 2 is 2.04 bits per heavy atom. The second kappa shape index (κ2) is 7.92. The number of hydrogen-bond donors (Lipinski definition) is 1. The van der Waals surface area contributed by atoms with E-state index in [1.54, 1.807) is 49.4 Å². The number of aromatic nitrogens is 3. The van der Waals surface area contributed by atoms with Crippen molar-refractivity contribution in [2.24, 2.45) is 0 Å². The van der Waals surface area contributed by atoms with Crippen molar-refractivity contribution in [1.29, 1.82) is 0 Å². The summed E-state index contributed by atoms with van der Waals surface area (Å²) < 4.78 is 6.62. The Hall–Kier alpha value is -2.90. The molecule has 1 aromatic heterocycles. The van der Waals surface area contributed by atoms with Gasteiger partial charge in [0.05, 0.1) is 20.2 Å². The summed E-state index contributed by atoms with van der Waals surface area (Å²) in [6.45, 7) is 0.422. The highest BCUT2D eigenvalue weighted by atomic mass is 16.5.